The first kappa shape index (κ1) is 24.9. The van der Waals surface area contributed by atoms with E-state index >= 15 is 0 Å². The average molecular weight is 535 g/mol. The molecule has 0 aliphatic heterocycles. The highest BCUT2D eigenvalue weighted by Crippen LogP contribution is 2.33. The molecule has 0 aliphatic carbocycles. The molecule has 1 heterocycles. The Balaban J connectivity index is 1.56. The van der Waals surface area contributed by atoms with Crippen molar-refractivity contribution in [1.82, 2.24) is 0 Å². The van der Waals surface area contributed by atoms with E-state index in [4.69, 9.17) is 4.42 Å². The fourth-order valence-corrected chi connectivity index (χ4v) is 6.46. The number of hydrogen-bond donors (Lipinski definition) is 2. The lowest BCUT2D eigenvalue weighted by atomic mass is 10.1. The molecular formula is C28H26N2O5S2. The second-order valence-corrected chi connectivity index (χ2v) is 12.6. The zero-order valence-corrected chi connectivity index (χ0v) is 22.4. The van der Waals surface area contributed by atoms with Crippen molar-refractivity contribution < 1.29 is 21.3 Å². The van der Waals surface area contributed by atoms with E-state index < -0.39 is 20.0 Å². The van der Waals surface area contributed by atoms with Gasteiger partial charge in [-0.05, 0) is 98.5 Å². The van der Waals surface area contributed by atoms with Gasteiger partial charge >= 0.3 is 0 Å². The maximum Gasteiger partial charge on any atom is 0.261 e. The normalized spacial score (nSPS) is 12.2. The molecule has 9 heteroatoms. The van der Waals surface area contributed by atoms with Crippen LogP contribution in [-0.4, -0.2) is 16.8 Å². The lowest BCUT2D eigenvalue weighted by Gasteiger charge is -2.12. The van der Waals surface area contributed by atoms with Gasteiger partial charge in [0.1, 0.15) is 11.2 Å². The zero-order chi connectivity index (χ0) is 26.5. The Labute approximate surface area is 216 Å². The monoisotopic (exact) mass is 534 g/mol. The maximum atomic E-state index is 13.2. The van der Waals surface area contributed by atoms with E-state index in [2.05, 4.69) is 9.44 Å². The molecule has 5 aromatic rings. The Morgan fingerprint density at radius 3 is 1.35 bits per heavy atom. The number of fused-ring (bicyclic) bond motifs is 3. The predicted molar refractivity (Wildman–Crippen MR) is 147 cm³/mol. The van der Waals surface area contributed by atoms with Gasteiger partial charge in [-0.3, -0.25) is 9.44 Å². The molecule has 0 saturated heterocycles. The van der Waals surface area contributed by atoms with E-state index in [1.165, 1.54) is 24.3 Å². The Morgan fingerprint density at radius 2 is 0.946 bits per heavy atom. The minimum Gasteiger partial charge on any atom is -0.456 e. The molecule has 0 fully saturated rings. The molecule has 2 N–H and O–H groups in total. The summed E-state index contributed by atoms with van der Waals surface area (Å²) in [5.41, 5.74) is 5.39. The van der Waals surface area contributed by atoms with Gasteiger partial charge in [-0.15, -0.1) is 0 Å². The highest BCUT2D eigenvalue weighted by molar-refractivity contribution is 7.93. The van der Waals surface area contributed by atoms with Crippen LogP contribution in [0.15, 0.2) is 87.0 Å². The molecule has 0 bridgehead atoms. The minimum absolute atomic E-state index is 0.0466. The summed E-state index contributed by atoms with van der Waals surface area (Å²) < 4.78 is 64.0. The number of hydrogen-bond acceptors (Lipinski definition) is 5. The van der Waals surface area contributed by atoms with Gasteiger partial charge in [0.15, 0.2) is 0 Å². The lowest BCUT2D eigenvalue weighted by Crippen LogP contribution is -2.14. The number of nitrogens with one attached hydrogen (secondary N) is 2. The van der Waals surface area contributed by atoms with Crippen LogP contribution >= 0.6 is 0 Å². The quantitative estimate of drug-likeness (QED) is 0.261. The third-order valence-corrected chi connectivity index (χ3v) is 9.03. The van der Waals surface area contributed by atoms with Crippen LogP contribution in [0.4, 0.5) is 11.4 Å². The van der Waals surface area contributed by atoms with Crippen LogP contribution in [0.5, 0.6) is 0 Å². The van der Waals surface area contributed by atoms with E-state index in [9.17, 15) is 16.8 Å². The van der Waals surface area contributed by atoms with Gasteiger partial charge < -0.3 is 4.42 Å². The highest BCUT2D eigenvalue weighted by atomic mass is 32.2. The molecule has 4 aromatic carbocycles. The van der Waals surface area contributed by atoms with Crippen molar-refractivity contribution in [3.63, 3.8) is 0 Å². The van der Waals surface area contributed by atoms with Gasteiger partial charge in [0.25, 0.3) is 20.0 Å². The summed E-state index contributed by atoms with van der Waals surface area (Å²) in [6, 6.07) is 20.2. The summed E-state index contributed by atoms with van der Waals surface area (Å²) in [5.74, 6) is 0. The van der Waals surface area contributed by atoms with Gasteiger partial charge in [0.2, 0.25) is 0 Å². The maximum absolute atomic E-state index is 13.2. The SMILES string of the molecule is Cc1ccc(C)c(NS(=O)(=O)c2ccc3oc4ccc(S(=O)(=O)Nc5cc(C)ccc5C)cc4c3c2)c1. The molecule has 0 spiro atoms. The third kappa shape index (κ3) is 4.80. The van der Waals surface area contributed by atoms with Crippen LogP contribution in [0.25, 0.3) is 21.9 Å². The van der Waals surface area contributed by atoms with Crippen molar-refractivity contribution in [2.75, 3.05) is 9.44 Å². The Bertz CT molecular complexity index is 1770. The lowest BCUT2D eigenvalue weighted by molar-refractivity contribution is 0.599. The second kappa shape index (κ2) is 8.93. The van der Waals surface area contributed by atoms with Crippen molar-refractivity contribution in [2.24, 2.45) is 0 Å². The van der Waals surface area contributed by atoms with Gasteiger partial charge in [-0.1, -0.05) is 24.3 Å². The number of sulfonamides is 2. The molecule has 0 amide bonds. The molecule has 0 atom stereocenters. The molecule has 7 nitrogen and oxygen atoms in total. The van der Waals surface area contributed by atoms with Crippen LogP contribution in [0, 0.1) is 27.7 Å². The minimum atomic E-state index is -3.90. The van der Waals surface area contributed by atoms with Gasteiger partial charge in [-0.25, -0.2) is 16.8 Å². The molecule has 0 saturated carbocycles. The van der Waals surface area contributed by atoms with Crippen LogP contribution in [0.2, 0.25) is 0 Å². The van der Waals surface area contributed by atoms with Crippen molar-refractivity contribution in [3.05, 3.63) is 95.1 Å². The van der Waals surface area contributed by atoms with E-state index in [0.717, 1.165) is 22.3 Å². The number of rotatable bonds is 6. The first-order valence-corrected chi connectivity index (χ1v) is 14.6. The van der Waals surface area contributed by atoms with E-state index in [1.54, 1.807) is 24.3 Å². The predicted octanol–water partition coefficient (Wildman–Crippen LogP) is 6.42. The number of anilines is 2. The Hall–Kier alpha value is -3.82. The standard InChI is InChI=1S/C28H26N2O5S2/c1-17-5-7-19(3)25(13-17)29-36(31,32)21-9-11-27-23(15-21)24-16-22(10-12-28(24)35-27)37(33,34)30-26-14-18(2)6-8-20(26)4/h5-16,29-30H,1-4H3. The van der Waals surface area contributed by atoms with E-state index in [0.29, 0.717) is 33.3 Å². The van der Waals surface area contributed by atoms with Gasteiger partial charge in [0, 0.05) is 10.8 Å². The molecule has 37 heavy (non-hydrogen) atoms. The molecule has 1 aromatic heterocycles. The fraction of sp³-hybridized carbons (Fsp3) is 0.143. The first-order valence-electron chi connectivity index (χ1n) is 11.6. The van der Waals surface area contributed by atoms with Crippen LogP contribution in [-0.2, 0) is 20.0 Å². The van der Waals surface area contributed by atoms with E-state index in [1.807, 2.05) is 52.0 Å². The van der Waals surface area contributed by atoms with Crippen molar-refractivity contribution in [1.29, 1.82) is 0 Å². The van der Waals surface area contributed by atoms with Crippen LogP contribution in [0.3, 0.4) is 0 Å². The topological polar surface area (TPSA) is 105 Å². The highest BCUT2D eigenvalue weighted by Gasteiger charge is 2.21. The molecule has 0 unspecified atom stereocenters. The molecule has 0 radical (unpaired) electrons. The first-order chi connectivity index (χ1) is 17.4. The molecule has 190 valence electrons. The summed E-state index contributed by atoms with van der Waals surface area (Å²) in [4.78, 5) is 0.0933. The Morgan fingerprint density at radius 1 is 0.541 bits per heavy atom. The summed E-state index contributed by atoms with van der Waals surface area (Å²) in [5, 5.41) is 1.00. The molecule has 0 aliphatic rings. The summed E-state index contributed by atoms with van der Waals surface area (Å²) in [7, 11) is -7.80. The number of benzene rings is 4. The smallest absolute Gasteiger partial charge is 0.261 e. The van der Waals surface area contributed by atoms with Crippen molar-refractivity contribution >= 4 is 53.4 Å². The number of furan rings is 1. The zero-order valence-electron chi connectivity index (χ0n) is 20.8. The summed E-state index contributed by atoms with van der Waals surface area (Å²) >= 11 is 0. The largest absolute Gasteiger partial charge is 0.456 e. The van der Waals surface area contributed by atoms with Gasteiger partial charge in [-0.2, -0.15) is 0 Å². The summed E-state index contributed by atoms with van der Waals surface area (Å²) in [6.45, 7) is 7.44. The van der Waals surface area contributed by atoms with Gasteiger partial charge in [0.05, 0.1) is 21.2 Å². The molecule has 5 rings (SSSR count). The number of aryl methyl sites for hydroxylation is 4. The van der Waals surface area contributed by atoms with Crippen molar-refractivity contribution in [3.8, 4) is 0 Å². The Kier molecular flexibility index (Phi) is 6.00. The fourth-order valence-electron chi connectivity index (χ4n) is 4.17. The molecular weight excluding hydrogens is 508 g/mol. The van der Waals surface area contributed by atoms with Crippen molar-refractivity contribution in [2.45, 2.75) is 37.5 Å². The van der Waals surface area contributed by atoms with E-state index in [-0.39, 0.29) is 9.79 Å². The average Bonchev–Trinajstić information content (AvgIpc) is 3.21. The van der Waals surface area contributed by atoms with Crippen LogP contribution < -0.4 is 9.44 Å². The third-order valence-electron chi connectivity index (χ3n) is 6.31. The van der Waals surface area contributed by atoms with Crippen LogP contribution in [0.1, 0.15) is 22.3 Å². The second-order valence-electron chi connectivity index (χ2n) is 9.27. The summed E-state index contributed by atoms with van der Waals surface area (Å²) in [6.07, 6.45) is 0.